The molecule has 0 heterocycles. The van der Waals surface area contributed by atoms with Crippen molar-refractivity contribution in [3.8, 4) is 23.3 Å². The summed E-state index contributed by atoms with van der Waals surface area (Å²) in [5.74, 6) is 6.51. The largest absolute Gasteiger partial charge is 0.541 e. The van der Waals surface area contributed by atoms with Crippen LogP contribution in [0.4, 0.5) is 0 Å². The maximum Gasteiger partial charge on any atom is 0.250 e. The molecule has 2 aromatic rings. The van der Waals surface area contributed by atoms with E-state index in [1.165, 1.54) is 0 Å². The number of carbonyl (C=O) groups is 1. The quantitative estimate of drug-likeness (QED) is 0.360. The van der Waals surface area contributed by atoms with Crippen molar-refractivity contribution in [1.82, 2.24) is 0 Å². The van der Waals surface area contributed by atoms with Gasteiger partial charge < -0.3 is 9.16 Å². The summed E-state index contributed by atoms with van der Waals surface area (Å²) < 4.78 is 11.8. The molecule has 5 heteroatoms. The number of carbonyl (C=O) groups excluding carboxylic acids is 1. The highest BCUT2D eigenvalue weighted by molar-refractivity contribution is 6.74. The Morgan fingerprint density at radius 1 is 1.07 bits per heavy atom. The van der Waals surface area contributed by atoms with Crippen molar-refractivity contribution in [1.29, 1.82) is 0 Å². The highest BCUT2D eigenvalue weighted by Crippen LogP contribution is 2.40. The normalized spacial score (nSPS) is 11.4. The monoisotopic (exact) mass is 400 g/mol. The van der Waals surface area contributed by atoms with E-state index in [1.807, 2.05) is 12.1 Å². The van der Waals surface area contributed by atoms with Gasteiger partial charge in [-0.2, -0.15) is 0 Å². The van der Waals surface area contributed by atoms with E-state index in [4.69, 9.17) is 20.8 Å². The van der Waals surface area contributed by atoms with Crippen LogP contribution in [0.1, 0.15) is 36.7 Å². The average Bonchev–Trinajstić information content (AvgIpc) is 2.59. The molecule has 0 spiro atoms. The van der Waals surface area contributed by atoms with Crippen molar-refractivity contribution >= 4 is 25.7 Å². The Labute approximate surface area is 167 Å². The van der Waals surface area contributed by atoms with Crippen LogP contribution in [0.25, 0.3) is 0 Å². The molecule has 2 aromatic carbocycles. The van der Waals surface area contributed by atoms with Crippen molar-refractivity contribution in [2.45, 2.75) is 38.9 Å². The lowest BCUT2D eigenvalue weighted by atomic mass is 10.1. The Kier molecular flexibility index (Phi) is 6.41. The number of benzene rings is 2. The number of ketones is 1. The maximum absolute atomic E-state index is 12.2. The lowest BCUT2D eigenvalue weighted by molar-refractivity contribution is 0.105. The summed E-state index contributed by atoms with van der Waals surface area (Å²) in [5, 5.41) is 0.477. The van der Waals surface area contributed by atoms with Crippen LogP contribution in [-0.2, 0) is 0 Å². The summed E-state index contributed by atoms with van der Waals surface area (Å²) in [6.45, 7) is 10.9. The molecule has 0 saturated carbocycles. The second kappa shape index (κ2) is 8.20. The Hall–Kier alpha value is -2.22. The van der Waals surface area contributed by atoms with Crippen LogP contribution >= 0.6 is 11.6 Å². The van der Waals surface area contributed by atoms with Gasteiger partial charge in [-0.05, 0) is 54.4 Å². The third kappa shape index (κ3) is 5.15. The predicted octanol–water partition coefficient (Wildman–Crippen LogP) is 5.97. The number of methoxy groups -OCH3 is 1. The van der Waals surface area contributed by atoms with E-state index in [-0.39, 0.29) is 10.8 Å². The van der Waals surface area contributed by atoms with Gasteiger partial charge in [-0.15, -0.1) is 0 Å². The van der Waals surface area contributed by atoms with Crippen molar-refractivity contribution in [3.63, 3.8) is 0 Å². The summed E-state index contributed by atoms with van der Waals surface area (Å²) in [6.07, 6.45) is 0. The minimum atomic E-state index is -1.98. The van der Waals surface area contributed by atoms with Crippen molar-refractivity contribution in [2.24, 2.45) is 0 Å². The zero-order valence-corrected chi connectivity index (χ0v) is 18.4. The molecule has 2 rings (SSSR count). The molecule has 0 radical (unpaired) electrons. The highest BCUT2D eigenvalue weighted by atomic mass is 35.5. The van der Waals surface area contributed by atoms with E-state index in [0.717, 1.165) is 0 Å². The zero-order valence-electron chi connectivity index (χ0n) is 16.6. The Morgan fingerprint density at radius 3 is 2.33 bits per heavy atom. The summed E-state index contributed by atoms with van der Waals surface area (Å²) in [5.41, 5.74) is 1.08. The smallest absolute Gasteiger partial charge is 0.250 e. The first-order chi connectivity index (χ1) is 12.5. The number of rotatable bonds is 4. The molecule has 0 aliphatic carbocycles. The molecular formula is C22H25ClO3Si. The van der Waals surface area contributed by atoms with E-state index >= 15 is 0 Å². The van der Waals surface area contributed by atoms with Crippen molar-refractivity contribution < 1.29 is 14.0 Å². The lowest BCUT2D eigenvalue weighted by Crippen LogP contribution is -2.43. The fourth-order valence-corrected chi connectivity index (χ4v) is 3.35. The van der Waals surface area contributed by atoms with Gasteiger partial charge in [0.15, 0.2) is 5.75 Å². The maximum atomic E-state index is 12.2. The molecule has 0 N–H and O–H groups in total. The lowest BCUT2D eigenvalue weighted by Gasteiger charge is -2.36. The van der Waals surface area contributed by atoms with Crippen molar-refractivity contribution in [3.05, 3.63) is 58.6 Å². The minimum Gasteiger partial charge on any atom is -0.541 e. The van der Waals surface area contributed by atoms with Gasteiger partial charge in [0.2, 0.25) is 5.78 Å². The van der Waals surface area contributed by atoms with E-state index in [0.29, 0.717) is 27.6 Å². The van der Waals surface area contributed by atoms with Gasteiger partial charge in [0, 0.05) is 11.1 Å². The summed E-state index contributed by atoms with van der Waals surface area (Å²) in [4.78, 5) is 12.2. The van der Waals surface area contributed by atoms with Crippen LogP contribution in [0.5, 0.6) is 11.5 Å². The molecule has 0 bridgehead atoms. The molecule has 142 valence electrons. The van der Waals surface area contributed by atoms with Crippen LogP contribution in [0.3, 0.4) is 0 Å². The predicted molar refractivity (Wildman–Crippen MR) is 113 cm³/mol. The van der Waals surface area contributed by atoms with Crippen molar-refractivity contribution in [2.75, 3.05) is 7.11 Å². The van der Waals surface area contributed by atoms with Crippen LogP contribution < -0.4 is 9.16 Å². The van der Waals surface area contributed by atoms with Crippen LogP contribution in [0.2, 0.25) is 23.2 Å². The average molecular weight is 401 g/mol. The first-order valence-corrected chi connectivity index (χ1v) is 12.0. The molecule has 0 aliphatic heterocycles. The Morgan fingerprint density at radius 2 is 1.74 bits per heavy atom. The molecule has 0 aliphatic rings. The van der Waals surface area contributed by atoms with E-state index in [2.05, 4.69) is 45.7 Å². The number of hydrogen-bond donors (Lipinski definition) is 0. The third-order valence-electron chi connectivity index (χ3n) is 4.77. The van der Waals surface area contributed by atoms with E-state index in [9.17, 15) is 4.79 Å². The first-order valence-electron chi connectivity index (χ1n) is 8.73. The number of Topliss-reactive ketones (excluding diaryl/α,β-unsaturated/α-hetero) is 1. The first kappa shape index (κ1) is 21.1. The fourth-order valence-electron chi connectivity index (χ4n) is 2.10. The standard InChI is InChI=1S/C22H25ClO3Si/c1-22(2,3)27(5,6)26-20-14-12-16(15-21(20)25-4)11-13-19(24)17-9-7-8-10-18(17)23/h7-10,12,14-15H,1-6H3. The molecule has 0 aromatic heterocycles. The molecule has 0 amide bonds. The van der Waals surface area contributed by atoms with Gasteiger partial charge in [-0.3, -0.25) is 4.79 Å². The van der Waals surface area contributed by atoms with E-state index in [1.54, 1.807) is 37.4 Å². The molecule has 0 atom stereocenters. The number of hydrogen-bond acceptors (Lipinski definition) is 3. The number of ether oxygens (including phenoxy) is 1. The van der Waals surface area contributed by atoms with Gasteiger partial charge in [-0.1, -0.05) is 50.4 Å². The third-order valence-corrected chi connectivity index (χ3v) is 9.45. The molecular weight excluding hydrogens is 376 g/mol. The van der Waals surface area contributed by atoms with Gasteiger partial charge in [0.1, 0.15) is 5.75 Å². The highest BCUT2D eigenvalue weighted by Gasteiger charge is 2.39. The zero-order chi connectivity index (χ0) is 20.2. The van der Waals surface area contributed by atoms with E-state index < -0.39 is 8.32 Å². The van der Waals surface area contributed by atoms with Gasteiger partial charge in [0.25, 0.3) is 8.32 Å². The minimum absolute atomic E-state index is 0.0812. The van der Waals surface area contributed by atoms with Crippen LogP contribution in [0, 0.1) is 11.8 Å². The van der Waals surface area contributed by atoms with Crippen LogP contribution in [-0.4, -0.2) is 21.2 Å². The molecule has 0 saturated heterocycles. The summed E-state index contributed by atoms with van der Waals surface area (Å²) in [7, 11) is -0.385. The Bertz CT molecular complexity index is 902. The van der Waals surface area contributed by atoms with Gasteiger partial charge in [0.05, 0.1) is 12.1 Å². The molecule has 0 fully saturated rings. The summed E-state index contributed by atoms with van der Waals surface area (Å²) >= 11 is 6.05. The second-order valence-corrected chi connectivity index (χ2v) is 12.9. The van der Waals surface area contributed by atoms with Crippen LogP contribution in [0.15, 0.2) is 42.5 Å². The summed E-state index contributed by atoms with van der Waals surface area (Å²) in [6, 6.07) is 12.3. The van der Waals surface area contributed by atoms with Gasteiger partial charge in [-0.25, -0.2) is 0 Å². The Balaban J connectivity index is 2.27. The fraction of sp³-hybridized carbons (Fsp3) is 0.318. The second-order valence-electron chi connectivity index (χ2n) is 7.79. The SMILES string of the molecule is COc1cc(C#CC(=O)c2ccccc2Cl)ccc1O[Si](C)(C)C(C)(C)C. The molecule has 27 heavy (non-hydrogen) atoms. The van der Waals surface area contributed by atoms with Gasteiger partial charge >= 0.3 is 0 Å². The molecule has 0 unspecified atom stereocenters. The number of halogens is 1. The topological polar surface area (TPSA) is 35.5 Å². The molecule has 3 nitrogen and oxygen atoms in total.